The molecular weight excluding hydrogens is 206 g/mol. The molecule has 0 unspecified atom stereocenters. The minimum absolute atomic E-state index is 0.334. The molecule has 1 aromatic carbocycles. The second-order valence-electron chi connectivity index (χ2n) is 3.50. The van der Waals surface area contributed by atoms with Crippen molar-refractivity contribution in [3.63, 3.8) is 0 Å². The summed E-state index contributed by atoms with van der Waals surface area (Å²) in [6, 6.07) is 7.40. The highest BCUT2D eigenvalue weighted by Gasteiger charge is 2.16. The van der Waals surface area contributed by atoms with Crippen molar-refractivity contribution in [2.75, 3.05) is 0 Å². The molecule has 0 atom stereocenters. The number of aldehydes is 1. The van der Waals surface area contributed by atoms with Crippen molar-refractivity contribution in [3.05, 3.63) is 30.0 Å². The van der Waals surface area contributed by atoms with Crippen LogP contribution in [0.3, 0.4) is 0 Å². The van der Waals surface area contributed by atoms with E-state index in [0.717, 1.165) is 10.9 Å². The van der Waals surface area contributed by atoms with Crippen molar-refractivity contribution in [3.8, 4) is 5.75 Å². The van der Waals surface area contributed by atoms with Crippen molar-refractivity contribution >= 4 is 23.2 Å². The fourth-order valence-electron chi connectivity index (χ4n) is 1.76. The Morgan fingerprint density at radius 2 is 2.06 bits per heavy atom. The molecule has 0 aliphatic rings. The first-order valence-electron chi connectivity index (χ1n) is 4.86. The van der Waals surface area contributed by atoms with Crippen LogP contribution in [0, 0.1) is 0 Å². The topological polar surface area (TPSA) is 48.3 Å². The van der Waals surface area contributed by atoms with Crippen molar-refractivity contribution in [1.82, 2.24) is 4.57 Å². The molecule has 0 bridgehead atoms. The van der Waals surface area contributed by atoms with Crippen LogP contribution in [0.1, 0.15) is 17.4 Å². The van der Waals surface area contributed by atoms with Gasteiger partial charge in [0, 0.05) is 19.4 Å². The summed E-state index contributed by atoms with van der Waals surface area (Å²) in [5, 5.41) is 0.766. The number of fused-ring (bicyclic) bond motifs is 1. The largest absolute Gasteiger partial charge is 0.424 e. The van der Waals surface area contributed by atoms with Crippen LogP contribution in [0.5, 0.6) is 5.75 Å². The molecule has 4 nitrogen and oxygen atoms in total. The van der Waals surface area contributed by atoms with Crippen LogP contribution in [0.15, 0.2) is 24.3 Å². The number of esters is 1. The van der Waals surface area contributed by atoms with Gasteiger partial charge in [0.15, 0.2) is 12.0 Å². The molecule has 0 spiro atoms. The number of nitrogens with zero attached hydrogens (tertiary/aromatic N) is 1. The van der Waals surface area contributed by atoms with Gasteiger partial charge in [-0.3, -0.25) is 9.59 Å². The maximum atomic E-state index is 11.0. The van der Waals surface area contributed by atoms with E-state index in [2.05, 4.69) is 0 Å². The number of hydrogen-bond donors (Lipinski definition) is 0. The zero-order chi connectivity index (χ0) is 11.7. The fraction of sp³-hybridized carbons (Fsp3) is 0.167. The predicted molar refractivity (Wildman–Crippen MR) is 59.6 cm³/mol. The zero-order valence-electron chi connectivity index (χ0n) is 9.06. The molecule has 0 radical (unpaired) electrons. The molecule has 0 fully saturated rings. The summed E-state index contributed by atoms with van der Waals surface area (Å²) in [5.41, 5.74) is 1.23. The molecule has 2 rings (SSSR count). The first-order valence-corrected chi connectivity index (χ1v) is 4.86. The van der Waals surface area contributed by atoms with E-state index in [4.69, 9.17) is 4.74 Å². The highest BCUT2D eigenvalue weighted by atomic mass is 16.5. The number of carbonyl (C=O) groups excluding carboxylic acids is 2. The molecule has 0 aliphatic carbocycles. The molecule has 0 saturated carbocycles. The normalized spacial score (nSPS) is 10.4. The number of aromatic nitrogens is 1. The number of hydrogen-bond acceptors (Lipinski definition) is 3. The van der Waals surface area contributed by atoms with E-state index in [0.29, 0.717) is 17.7 Å². The summed E-state index contributed by atoms with van der Waals surface area (Å²) < 4.78 is 6.79. The average Bonchev–Trinajstić information content (AvgIpc) is 2.52. The third kappa shape index (κ3) is 1.48. The van der Waals surface area contributed by atoms with E-state index in [-0.39, 0.29) is 0 Å². The summed E-state index contributed by atoms with van der Waals surface area (Å²) in [6.07, 6.45) is 0.693. The molecule has 4 heteroatoms. The van der Waals surface area contributed by atoms with E-state index in [1.807, 2.05) is 24.3 Å². The number of benzene rings is 1. The quantitative estimate of drug-likeness (QED) is 0.570. The molecular formula is C12H11NO3. The molecule has 0 amide bonds. The van der Waals surface area contributed by atoms with Crippen LogP contribution >= 0.6 is 0 Å². The monoisotopic (exact) mass is 217 g/mol. The van der Waals surface area contributed by atoms with Gasteiger partial charge in [-0.1, -0.05) is 12.1 Å². The fourth-order valence-corrected chi connectivity index (χ4v) is 1.76. The van der Waals surface area contributed by atoms with E-state index >= 15 is 0 Å². The molecule has 1 aromatic heterocycles. The Kier molecular flexibility index (Phi) is 2.48. The highest BCUT2D eigenvalue weighted by Crippen LogP contribution is 2.31. The van der Waals surface area contributed by atoms with Crippen LogP contribution in [0.25, 0.3) is 10.9 Å². The van der Waals surface area contributed by atoms with Crippen LogP contribution in [0.4, 0.5) is 0 Å². The zero-order valence-corrected chi connectivity index (χ0v) is 9.06. The molecule has 16 heavy (non-hydrogen) atoms. The van der Waals surface area contributed by atoms with Gasteiger partial charge in [-0.15, -0.1) is 0 Å². The van der Waals surface area contributed by atoms with Crippen molar-refractivity contribution in [1.29, 1.82) is 0 Å². The maximum absolute atomic E-state index is 11.0. The molecule has 1 heterocycles. The first kappa shape index (κ1) is 10.4. The minimum Gasteiger partial charge on any atom is -0.424 e. The molecule has 2 aromatic rings. The summed E-state index contributed by atoms with van der Waals surface area (Å²) >= 11 is 0. The van der Waals surface area contributed by atoms with Gasteiger partial charge in [-0.05, 0) is 12.1 Å². The van der Waals surface area contributed by atoms with Crippen LogP contribution in [-0.4, -0.2) is 16.8 Å². The van der Waals surface area contributed by atoms with Gasteiger partial charge in [0.25, 0.3) is 0 Å². The van der Waals surface area contributed by atoms with Crippen molar-refractivity contribution < 1.29 is 14.3 Å². The van der Waals surface area contributed by atoms with Crippen LogP contribution in [-0.2, 0) is 11.8 Å². The van der Waals surface area contributed by atoms with E-state index in [1.165, 1.54) is 6.92 Å². The van der Waals surface area contributed by atoms with E-state index in [9.17, 15) is 9.59 Å². The van der Waals surface area contributed by atoms with Crippen molar-refractivity contribution in [2.24, 2.45) is 7.05 Å². The summed E-state index contributed by atoms with van der Waals surface area (Å²) in [5.74, 6) is -0.0972. The number of para-hydroxylation sites is 1. The maximum Gasteiger partial charge on any atom is 0.308 e. The molecule has 0 N–H and O–H groups in total. The lowest BCUT2D eigenvalue weighted by atomic mass is 10.2. The molecule has 82 valence electrons. The average molecular weight is 217 g/mol. The Morgan fingerprint density at radius 3 is 2.69 bits per heavy atom. The summed E-state index contributed by atoms with van der Waals surface area (Å²) in [7, 11) is 1.76. The summed E-state index contributed by atoms with van der Waals surface area (Å²) in [6.45, 7) is 1.32. The SMILES string of the molecule is CC(=O)Oc1c(C=O)n(C)c2ccccc12. The lowest BCUT2D eigenvalue weighted by Gasteiger charge is -2.00. The van der Waals surface area contributed by atoms with Gasteiger partial charge in [0.1, 0.15) is 5.69 Å². The smallest absolute Gasteiger partial charge is 0.308 e. The Labute approximate surface area is 92.4 Å². The number of carbonyl (C=O) groups is 2. The number of ether oxygens (including phenoxy) is 1. The van der Waals surface area contributed by atoms with Gasteiger partial charge in [0.2, 0.25) is 0 Å². The van der Waals surface area contributed by atoms with Crippen LogP contribution in [0.2, 0.25) is 0 Å². The lowest BCUT2D eigenvalue weighted by Crippen LogP contribution is -2.04. The van der Waals surface area contributed by atoms with Crippen LogP contribution < -0.4 is 4.74 Å². The number of rotatable bonds is 2. The third-order valence-electron chi connectivity index (χ3n) is 2.46. The van der Waals surface area contributed by atoms with Gasteiger partial charge in [-0.2, -0.15) is 0 Å². The van der Waals surface area contributed by atoms with E-state index < -0.39 is 5.97 Å². The standard InChI is InChI=1S/C12H11NO3/c1-8(15)16-12-9-5-3-4-6-10(9)13(2)11(12)7-14/h3-7H,1-2H3. The Hall–Kier alpha value is -2.10. The second kappa shape index (κ2) is 3.81. The van der Waals surface area contributed by atoms with E-state index in [1.54, 1.807) is 11.6 Å². The third-order valence-corrected chi connectivity index (χ3v) is 2.46. The number of aryl methyl sites for hydroxylation is 1. The molecule has 0 aliphatic heterocycles. The van der Waals surface area contributed by atoms with Gasteiger partial charge >= 0.3 is 5.97 Å². The second-order valence-corrected chi connectivity index (χ2v) is 3.50. The first-order chi connectivity index (χ1) is 7.65. The predicted octanol–water partition coefficient (Wildman–Crippen LogP) is 1.92. The van der Waals surface area contributed by atoms with Crippen molar-refractivity contribution in [2.45, 2.75) is 6.92 Å². The lowest BCUT2D eigenvalue weighted by molar-refractivity contribution is -0.131. The van der Waals surface area contributed by atoms with Gasteiger partial charge < -0.3 is 9.30 Å². The van der Waals surface area contributed by atoms with Gasteiger partial charge in [0.05, 0.1) is 5.52 Å². The Bertz CT molecular complexity index is 569. The van der Waals surface area contributed by atoms with Gasteiger partial charge in [-0.25, -0.2) is 0 Å². The highest BCUT2D eigenvalue weighted by molar-refractivity contribution is 5.97. The Morgan fingerprint density at radius 1 is 1.38 bits per heavy atom. The Balaban J connectivity index is 2.77. The minimum atomic E-state index is -0.431. The summed E-state index contributed by atoms with van der Waals surface area (Å²) in [4.78, 5) is 22.0. The molecule has 0 saturated heterocycles.